The lowest BCUT2D eigenvalue weighted by Gasteiger charge is -2.18. The molecule has 6 nitrogen and oxygen atoms in total. The Bertz CT molecular complexity index is 781. The van der Waals surface area contributed by atoms with E-state index in [-0.39, 0.29) is 31.1 Å². The molecule has 0 aliphatic carbocycles. The third-order valence-corrected chi connectivity index (χ3v) is 10.3. The van der Waals surface area contributed by atoms with Gasteiger partial charge in [-0.05, 0) is 25.2 Å². The van der Waals surface area contributed by atoms with Crippen LogP contribution >= 0.6 is 0 Å². The van der Waals surface area contributed by atoms with E-state index in [4.69, 9.17) is 14.2 Å². The highest BCUT2D eigenvalue weighted by Gasteiger charge is 2.19. The first kappa shape index (κ1) is 50.4. The largest absolute Gasteiger partial charge is 0.462 e. The third kappa shape index (κ3) is 39.6. The average molecular weight is 737 g/mol. The minimum absolute atomic E-state index is 0.0641. The first-order chi connectivity index (χ1) is 25.4. The lowest BCUT2D eigenvalue weighted by Crippen LogP contribution is -2.30. The summed E-state index contributed by atoms with van der Waals surface area (Å²) < 4.78 is 16.7. The van der Waals surface area contributed by atoms with Crippen LogP contribution < -0.4 is 0 Å². The molecule has 0 N–H and O–H groups in total. The fraction of sp³-hybridized carbons (Fsp3) is 0.935. The molecule has 0 aromatic rings. The van der Waals surface area contributed by atoms with Crippen molar-refractivity contribution in [2.24, 2.45) is 5.92 Å². The maximum Gasteiger partial charge on any atom is 0.306 e. The minimum Gasteiger partial charge on any atom is -0.462 e. The molecule has 0 unspecified atom stereocenters. The first-order valence-corrected chi connectivity index (χ1v) is 22.9. The van der Waals surface area contributed by atoms with Crippen LogP contribution in [0.2, 0.25) is 0 Å². The Balaban J connectivity index is 4.32. The Labute approximate surface area is 323 Å². The quantitative estimate of drug-likeness (QED) is 0.0353. The van der Waals surface area contributed by atoms with Gasteiger partial charge < -0.3 is 14.2 Å². The third-order valence-electron chi connectivity index (χ3n) is 10.3. The molecule has 0 saturated heterocycles. The maximum atomic E-state index is 12.7. The van der Waals surface area contributed by atoms with Crippen molar-refractivity contribution >= 4 is 17.9 Å². The van der Waals surface area contributed by atoms with Crippen LogP contribution in [0.5, 0.6) is 0 Å². The lowest BCUT2D eigenvalue weighted by molar-refractivity contribution is -0.167. The van der Waals surface area contributed by atoms with E-state index >= 15 is 0 Å². The molecule has 0 rings (SSSR count). The highest BCUT2D eigenvalue weighted by atomic mass is 16.6. The topological polar surface area (TPSA) is 78.9 Å². The van der Waals surface area contributed by atoms with Gasteiger partial charge in [-0.1, -0.05) is 214 Å². The van der Waals surface area contributed by atoms with Gasteiger partial charge in [0.2, 0.25) is 0 Å². The van der Waals surface area contributed by atoms with Gasteiger partial charge in [0, 0.05) is 19.3 Å². The Morgan fingerprint density at radius 3 is 0.942 bits per heavy atom. The van der Waals surface area contributed by atoms with Crippen LogP contribution in [0.15, 0.2) is 0 Å². The Morgan fingerprint density at radius 1 is 0.365 bits per heavy atom. The predicted octanol–water partition coefficient (Wildman–Crippen LogP) is 14.3. The Hall–Kier alpha value is -1.59. The molecule has 52 heavy (non-hydrogen) atoms. The predicted molar refractivity (Wildman–Crippen MR) is 220 cm³/mol. The first-order valence-electron chi connectivity index (χ1n) is 22.9. The zero-order valence-electron chi connectivity index (χ0n) is 35.3. The number of carbonyl (C=O) groups is 3. The second-order valence-corrected chi connectivity index (χ2v) is 16.2. The van der Waals surface area contributed by atoms with E-state index in [1.807, 2.05) is 0 Å². The van der Waals surface area contributed by atoms with Crippen molar-refractivity contribution in [1.82, 2.24) is 0 Å². The van der Waals surface area contributed by atoms with Gasteiger partial charge >= 0.3 is 17.9 Å². The lowest BCUT2D eigenvalue weighted by atomic mass is 10.0. The van der Waals surface area contributed by atoms with Crippen LogP contribution in [0.4, 0.5) is 0 Å². The molecule has 308 valence electrons. The molecule has 0 amide bonds. The van der Waals surface area contributed by atoms with Crippen molar-refractivity contribution in [2.75, 3.05) is 13.2 Å². The molecule has 0 aliphatic heterocycles. The van der Waals surface area contributed by atoms with Gasteiger partial charge in [-0.2, -0.15) is 0 Å². The monoisotopic (exact) mass is 737 g/mol. The van der Waals surface area contributed by atoms with E-state index in [2.05, 4.69) is 27.7 Å². The number of ether oxygens (including phenoxy) is 3. The molecular formula is C46H88O6. The molecule has 0 fully saturated rings. The van der Waals surface area contributed by atoms with Crippen LogP contribution in [-0.2, 0) is 28.6 Å². The van der Waals surface area contributed by atoms with Gasteiger partial charge in [0.1, 0.15) is 13.2 Å². The zero-order chi connectivity index (χ0) is 38.2. The van der Waals surface area contributed by atoms with Gasteiger partial charge in [-0.3, -0.25) is 14.4 Å². The summed E-state index contributed by atoms with van der Waals surface area (Å²) in [5.41, 5.74) is 0. The van der Waals surface area contributed by atoms with Crippen molar-refractivity contribution in [1.29, 1.82) is 0 Å². The van der Waals surface area contributed by atoms with E-state index in [0.29, 0.717) is 19.3 Å². The van der Waals surface area contributed by atoms with E-state index in [9.17, 15) is 14.4 Å². The molecule has 1 atom stereocenters. The summed E-state index contributed by atoms with van der Waals surface area (Å²) in [6.45, 7) is 8.94. The molecule has 6 heteroatoms. The Kier molecular flexibility index (Phi) is 39.4. The summed E-state index contributed by atoms with van der Waals surface area (Å²) in [6.07, 6.45) is 39.4. The van der Waals surface area contributed by atoms with Crippen molar-refractivity contribution in [3.05, 3.63) is 0 Å². The molecule has 0 aromatic carbocycles. The standard InChI is InChI=1S/C46H88O6/c1-5-7-9-11-13-15-17-18-20-21-25-29-33-37-44(47)50-40-43(41-51-45(48)38-34-30-27-23-24-28-32-36-42(3)4)52-46(49)39-35-31-26-22-19-16-14-12-10-8-6-2/h42-43H,5-41H2,1-4H3/t43-/m0/s1. The summed E-state index contributed by atoms with van der Waals surface area (Å²) in [5.74, 6) is -0.0750. The van der Waals surface area contributed by atoms with Gasteiger partial charge in [-0.15, -0.1) is 0 Å². The summed E-state index contributed by atoms with van der Waals surface area (Å²) >= 11 is 0. The van der Waals surface area contributed by atoms with Crippen molar-refractivity contribution in [3.8, 4) is 0 Å². The number of carbonyl (C=O) groups excluding carboxylic acids is 3. The molecule has 0 aromatic heterocycles. The van der Waals surface area contributed by atoms with Crippen LogP contribution in [0, 0.1) is 5.92 Å². The zero-order valence-corrected chi connectivity index (χ0v) is 35.3. The summed E-state index contributed by atoms with van der Waals surface area (Å²) in [4.78, 5) is 37.7. The maximum absolute atomic E-state index is 12.7. The van der Waals surface area contributed by atoms with E-state index in [1.54, 1.807) is 0 Å². The number of esters is 3. The summed E-state index contributed by atoms with van der Waals surface area (Å²) in [6, 6.07) is 0. The van der Waals surface area contributed by atoms with E-state index in [0.717, 1.165) is 63.7 Å². The summed E-state index contributed by atoms with van der Waals surface area (Å²) in [7, 11) is 0. The van der Waals surface area contributed by atoms with Crippen LogP contribution in [0.3, 0.4) is 0 Å². The van der Waals surface area contributed by atoms with Crippen molar-refractivity contribution in [2.45, 2.75) is 259 Å². The highest BCUT2D eigenvalue weighted by molar-refractivity contribution is 5.71. The van der Waals surface area contributed by atoms with Crippen LogP contribution in [-0.4, -0.2) is 37.2 Å². The average Bonchev–Trinajstić information content (AvgIpc) is 3.12. The highest BCUT2D eigenvalue weighted by Crippen LogP contribution is 2.16. The number of hydrogen-bond donors (Lipinski definition) is 0. The SMILES string of the molecule is CCCCCCCCCCCCCCCC(=O)OC[C@@H](COC(=O)CCCCCCCCCC(C)C)OC(=O)CCCCCCCCCCCCC. The fourth-order valence-electron chi connectivity index (χ4n) is 6.80. The molecule has 0 saturated carbocycles. The van der Waals surface area contributed by atoms with Gasteiger partial charge in [0.05, 0.1) is 0 Å². The normalized spacial score (nSPS) is 11.9. The molecular weight excluding hydrogens is 648 g/mol. The van der Waals surface area contributed by atoms with E-state index < -0.39 is 6.10 Å². The van der Waals surface area contributed by atoms with Crippen LogP contribution in [0.25, 0.3) is 0 Å². The van der Waals surface area contributed by atoms with Crippen molar-refractivity contribution in [3.63, 3.8) is 0 Å². The minimum atomic E-state index is -0.759. The van der Waals surface area contributed by atoms with E-state index in [1.165, 1.54) is 148 Å². The number of rotatable bonds is 41. The van der Waals surface area contributed by atoms with Gasteiger partial charge in [0.25, 0.3) is 0 Å². The molecule has 0 bridgehead atoms. The van der Waals surface area contributed by atoms with Crippen molar-refractivity contribution < 1.29 is 28.6 Å². The smallest absolute Gasteiger partial charge is 0.306 e. The summed E-state index contributed by atoms with van der Waals surface area (Å²) in [5, 5.41) is 0. The molecule has 0 heterocycles. The van der Waals surface area contributed by atoms with Gasteiger partial charge in [-0.25, -0.2) is 0 Å². The second-order valence-electron chi connectivity index (χ2n) is 16.2. The van der Waals surface area contributed by atoms with Gasteiger partial charge in [0.15, 0.2) is 6.10 Å². The number of hydrogen-bond acceptors (Lipinski definition) is 6. The second kappa shape index (κ2) is 40.6. The Morgan fingerprint density at radius 2 is 0.635 bits per heavy atom. The fourth-order valence-corrected chi connectivity index (χ4v) is 6.80. The van der Waals surface area contributed by atoms with Crippen LogP contribution in [0.1, 0.15) is 252 Å². The molecule has 0 aliphatic rings. The molecule has 0 radical (unpaired) electrons. The molecule has 0 spiro atoms. The number of unbranched alkanes of at least 4 members (excludes halogenated alkanes) is 28.